The van der Waals surface area contributed by atoms with E-state index in [2.05, 4.69) is 33.4 Å². The highest BCUT2D eigenvalue weighted by molar-refractivity contribution is 9.10. The number of hydrogen-bond acceptors (Lipinski definition) is 3. The minimum Gasteiger partial charge on any atom is -0.398 e. The van der Waals surface area contributed by atoms with Gasteiger partial charge >= 0.3 is 0 Å². The average Bonchev–Trinajstić information content (AvgIpc) is 2.61. The van der Waals surface area contributed by atoms with Crippen LogP contribution in [0.25, 0.3) is 0 Å². The van der Waals surface area contributed by atoms with Gasteiger partial charge in [0, 0.05) is 35.3 Å². The zero-order valence-corrected chi connectivity index (χ0v) is 15.0. The van der Waals surface area contributed by atoms with E-state index in [9.17, 15) is 4.79 Å². The van der Waals surface area contributed by atoms with E-state index in [0.717, 1.165) is 17.3 Å². The van der Waals surface area contributed by atoms with Gasteiger partial charge in [-0.1, -0.05) is 40.2 Å². The molecular formula is C19H21BrN2O2. The van der Waals surface area contributed by atoms with Crippen LogP contribution < -0.4 is 11.1 Å². The molecule has 2 aromatic rings. The number of anilines is 1. The van der Waals surface area contributed by atoms with Crippen LogP contribution in [-0.2, 0) is 10.2 Å². The van der Waals surface area contributed by atoms with E-state index in [-0.39, 0.29) is 11.3 Å². The molecule has 4 nitrogen and oxygen atoms in total. The van der Waals surface area contributed by atoms with Gasteiger partial charge in [0.05, 0.1) is 5.56 Å². The Morgan fingerprint density at radius 3 is 2.46 bits per heavy atom. The molecular weight excluding hydrogens is 368 g/mol. The van der Waals surface area contributed by atoms with E-state index in [1.54, 1.807) is 12.1 Å². The number of nitrogen functional groups attached to an aromatic ring is 1. The lowest BCUT2D eigenvalue weighted by atomic mass is 9.74. The zero-order valence-electron chi connectivity index (χ0n) is 13.4. The standard InChI is InChI=1S/C19H21BrN2O2/c20-15-7-5-14(6-8-15)19(9-11-24-12-10-19)13-22-18(23)16-3-1-2-4-17(16)21/h1-8H,9-13,21H2,(H,22,23). The Labute approximate surface area is 150 Å². The van der Waals surface area contributed by atoms with Crippen molar-refractivity contribution in [1.82, 2.24) is 5.32 Å². The number of rotatable bonds is 4. The topological polar surface area (TPSA) is 64.4 Å². The highest BCUT2D eigenvalue weighted by atomic mass is 79.9. The summed E-state index contributed by atoms with van der Waals surface area (Å²) in [5.74, 6) is -0.129. The summed E-state index contributed by atoms with van der Waals surface area (Å²) in [5.41, 5.74) is 8.06. The Bertz CT molecular complexity index is 710. The van der Waals surface area contributed by atoms with Crippen molar-refractivity contribution in [1.29, 1.82) is 0 Å². The minimum atomic E-state index is -0.129. The number of para-hydroxylation sites is 1. The fraction of sp³-hybridized carbons (Fsp3) is 0.316. The monoisotopic (exact) mass is 388 g/mol. The summed E-state index contributed by atoms with van der Waals surface area (Å²) in [7, 11) is 0. The Balaban J connectivity index is 1.79. The molecule has 1 aliphatic rings. The number of benzene rings is 2. The summed E-state index contributed by atoms with van der Waals surface area (Å²) in [5, 5.41) is 3.08. The van der Waals surface area contributed by atoms with E-state index in [1.165, 1.54) is 5.56 Å². The summed E-state index contributed by atoms with van der Waals surface area (Å²) in [6, 6.07) is 15.5. The van der Waals surface area contributed by atoms with Crippen molar-refractivity contribution in [3.05, 3.63) is 64.1 Å². The summed E-state index contributed by atoms with van der Waals surface area (Å²) >= 11 is 3.48. The van der Waals surface area contributed by atoms with Gasteiger partial charge in [-0.25, -0.2) is 0 Å². The van der Waals surface area contributed by atoms with Gasteiger partial charge in [-0.2, -0.15) is 0 Å². The van der Waals surface area contributed by atoms with E-state index in [1.807, 2.05) is 24.3 Å². The first-order valence-electron chi connectivity index (χ1n) is 8.07. The maximum Gasteiger partial charge on any atom is 0.253 e. The summed E-state index contributed by atoms with van der Waals surface area (Å²) < 4.78 is 6.59. The first kappa shape index (κ1) is 17.0. The van der Waals surface area contributed by atoms with Crippen LogP contribution in [-0.4, -0.2) is 25.7 Å². The molecule has 0 aromatic heterocycles. The largest absolute Gasteiger partial charge is 0.398 e. The molecule has 126 valence electrons. The van der Waals surface area contributed by atoms with Gasteiger partial charge in [-0.3, -0.25) is 4.79 Å². The van der Waals surface area contributed by atoms with Crippen molar-refractivity contribution >= 4 is 27.5 Å². The van der Waals surface area contributed by atoms with Crippen LogP contribution in [0.4, 0.5) is 5.69 Å². The number of carbonyl (C=O) groups excluding carboxylic acids is 1. The second kappa shape index (κ2) is 7.36. The Hall–Kier alpha value is -1.85. The maximum absolute atomic E-state index is 12.5. The lowest BCUT2D eigenvalue weighted by Gasteiger charge is -2.38. The first-order chi connectivity index (χ1) is 11.6. The molecule has 1 amide bonds. The van der Waals surface area contributed by atoms with E-state index < -0.39 is 0 Å². The van der Waals surface area contributed by atoms with Gasteiger partial charge in [-0.05, 0) is 42.7 Å². The molecule has 1 fully saturated rings. The van der Waals surface area contributed by atoms with Gasteiger partial charge < -0.3 is 15.8 Å². The quantitative estimate of drug-likeness (QED) is 0.787. The van der Waals surface area contributed by atoms with Gasteiger partial charge in [0.15, 0.2) is 0 Å². The van der Waals surface area contributed by atoms with E-state index in [0.29, 0.717) is 31.0 Å². The number of hydrogen-bond donors (Lipinski definition) is 2. The van der Waals surface area contributed by atoms with E-state index in [4.69, 9.17) is 10.5 Å². The predicted octanol–water partition coefficient (Wildman–Crippen LogP) is 3.51. The number of carbonyl (C=O) groups is 1. The van der Waals surface area contributed by atoms with Crippen LogP contribution >= 0.6 is 15.9 Å². The molecule has 3 N–H and O–H groups in total. The molecule has 0 radical (unpaired) electrons. The summed E-state index contributed by atoms with van der Waals surface area (Å²) in [6.07, 6.45) is 1.78. The molecule has 0 aliphatic carbocycles. The Morgan fingerprint density at radius 1 is 1.12 bits per heavy atom. The zero-order chi connectivity index (χ0) is 17.0. The molecule has 24 heavy (non-hydrogen) atoms. The maximum atomic E-state index is 12.5. The fourth-order valence-electron chi connectivity index (χ4n) is 3.18. The molecule has 1 aliphatic heterocycles. The van der Waals surface area contributed by atoms with Crippen molar-refractivity contribution in [2.75, 3.05) is 25.5 Å². The number of amides is 1. The van der Waals surface area contributed by atoms with E-state index >= 15 is 0 Å². The number of nitrogens with one attached hydrogen (secondary N) is 1. The van der Waals surface area contributed by atoms with Crippen molar-refractivity contribution in [3.63, 3.8) is 0 Å². The van der Waals surface area contributed by atoms with Crippen LogP contribution in [0.1, 0.15) is 28.8 Å². The third kappa shape index (κ3) is 3.62. The van der Waals surface area contributed by atoms with Gasteiger partial charge in [0.25, 0.3) is 5.91 Å². The number of halogens is 1. The highest BCUT2D eigenvalue weighted by Crippen LogP contribution is 2.35. The molecule has 0 bridgehead atoms. The van der Waals surface area contributed by atoms with Crippen LogP contribution in [0.2, 0.25) is 0 Å². The lowest BCUT2D eigenvalue weighted by molar-refractivity contribution is 0.0487. The molecule has 5 heteroatoms. The van der Waals surface area contributed by atoms with Gasteiger partial charge in [-0.15, -0.1) is 0 Å². The van der Waals surface area contributed by atoms with Gasteiger partial charge in [0.2, 0.25) is 0 Å². The fourth-order valence-corrected chi connectivity index (χ4v) is 3.45. The second-order valence-electron chi connectivity index (χ2n) is 6.17. The predicted molar refractivity (Wildman–Crippen MR) is 99.1 cm³/mol. The average molecular weight is 389 g/mol. The molecule has 2 aromatic carbocycles. The van der Waals surface area contributed by atoms with Crippen LogP contribution in [0.3, 0.4) is 0 Å². The SMILES string of the molecule is Nc1ccccc1C(=O)NCC1(c2ccc(Br)cc2)CCOCC1. The first-order valence-corrected chi connectivity index (χ1v) is 8.87. The molecule has 1 saturated heterocycles. The van der Waals surface area contributed by atoms with Crippen molar-refractivity contribution in [2.24, 2.45) is 0 Å². The van der Waals surface area contributed by atoms with Crippen molar-refractivity contribution in [2.45, 2.75) is 18.3 Å². The molecule has 0 spiro atoms. The smallest absolute Gasteiger partial charge is 0.253 e. The summed E-state index contributed by atoms with van der Waals surface area (Å²) in [6.45, 7) is 1.99. The molecule has 3 rings (SSSR count). The van der Waals surface area contributed by atoms with Crippen LogP contribution in [0.15, 0.2) is 53.0 Å². The minimum absolute atomic E-state index is 0.0991. The molecule has 0 unspecified atom stereocenters. The third-order valence-electron chi connectivity index (χ3n) is 4.70. The van der Waals surface area contributed by atoms with Crippen molar-refractivity contribution < 1.29 is 9.53 Å². The molecule has 1 heterocycles. The normalized spacial score (nSPS) is 16.5. The Morgan fingerprint density at radius 2 is 1.79 bits per heavy atom. The molecule has 0 saturated carbocycles. The number of ether oxygens (including phenoxy) is 1. The lowest BCUT2D eigenvalue weighted by Crippen LogP contribution is -2.44. The van der Waals surface area contributed by atoms with Gasteiger partial charge in [0.1, 0.15) is 0 Å². The second-order valence-corrected chi connectivity index (χ2v) is 7.09. The van der Waals surface area contributed by atoms with Crippen molar-refractivity contribution in [3.8, 4) is 0 Å². The van der Waals surface area contributed by atoms with Crippen LogP contribution in [0.5, 0.6) is 0 Å². The Kier molecular flexibility index (Phi) is 5.21. The van der Waals surface area contributed by atoms with Crippen LogP contribution in [0, 0.1) is 0 Å². The molecule has 0 atom stereocenters. The number of nitrogens with two attached hydrogens (primary N) is 1. The third-order valence-corrected chi connectivity index (χ3v) is 5.23. The highest BCUT2D eigenvalue weighted by Gasteiger charge is 2.35. The summed E-state index contributed by atoms with van der Waals surface area (Å²) in [4.78, 5) is 12.5.